The average Bonchev–Trinajstić information content (AvgIpc) is 2.70. The molecule has 0 aliphatic heterocycles. The van der Waals surface area contributed by atoms with Crippen LogP contribution in [0.3, 0.4) is 0 Å². The molecule has 3 N–H and O–H groups in total. The molecule has 0 radical (unpaired) electrons. The lowest BCUT2D eigenvalue weighted by Crippen LogP contribution is -2.23. The van der Waals surface area contributed by atoms with Crippen LogP contribution in [-0.2, 0) is 0 Å². The number of nitrogens with two attached hydrogens (primary N) is 1. The van der Waals surface area contributed by atoms with Crippen LogP contribution in [-0.4, -0.2) is 11.3 Å². The number of nitrogens with one attached hydrogen (secondary N) is 1. The Morgan fingerprint density at radius 1 is 1.50 bits per heavy atom. The lowest BCUT2D eigenvalue weighted by Gasteiger charge is -1.98. The summed E-state index contributed by atoms with van der Waals surface area (Å²) in [4.78, 5) is 0. The molecule has 0 amide bonds. The third-order valence-corrected chi connectivity index (χ3v) is 2.99. The van der Waals surface area contributed by atoms with Gasteiger partial charge in [-0.1, -0.05) is 0 Å². The van der Waals surface area contributed by atoms with Crippen LogP contribution in [0.1, 0.15) is 5.56 Å². The number of fused-ring (bicyclic) bond motifs is 1. The molecule has 0 unspecified atom stereocenters. The van der Waals surface area contributed by atoms with Gasteiger partial charge in [-0.25, -0.2) is 4.39 Å². The molecule has 16 heavy (non-hydrogen) atoms. The lowest BCUT2D eigenvalue weighted by atomic mass is 10.1. The lowest BCUT2D eigenvalue weighted by molar-refractivity contribution is 0.641. The molecular weight excluding hydrogens is 245 g/mol. The Morgan fingerprint density at radius 3 is 3.06 bits per heavy atom. The van der Waals surface area contributed by atoms with E-state index in [9.17, 15) is 4.39 Å². The second kappa shape index (κ2) is 4.54. The van der Waals surface area contributed by atoms with Gasteiger partial charge in [0.05, 0.1) is 10.9 Å². The second-order valence-electron chi connectivity index (χ2n) is 3.03. The van der Waals surface area contributed by atoms with E-state index in [4.69, 9.17) is 5.73 Å². The molecule has 0 aliphatic carbocycles. The minimum atomic E-state index is -0.218. The first kappa shape index (κ1) is 11.0. The Hall–Kier alpha value is -1.53. The second-order valence-corrected chi connectivity index (χ2v) is 4.39. The van der Waals surface area contributed by atoms with Gasteiger partial charge in [-0.15, -0.1) is 11.3 Å². The fraction of sp³-hybridized carbons (Fsp3) is 0. The molecule has 3 nitrogen and oxygen atoms in total. The first-order valence-corrected chi connectivity index (χ1v) is 5.71. The third-order valence-electron chi connectivity index (χ3n) is 1.98. The quantitative estimate of drug-likeness (QED) is 0.490. The maximum absolute atomic E-state index is 13.4. The van der Waals surface area contributed by atoms with Crippen LogP contribution in [0.15, 0.2) is 28.7 Å². The SMILES string of the molecule is NC(=S)NN=Cc1ccc(F)c2sccc12. The Kier molecular flexibility index (Phi) is 3.12. The number of halogens is 1. The van der Waals surface area contributed by atoms with Crippen LogP contribution in [0.2, 0.25) is 0 Å². The van der Waals surface area contributed by atoms with E-state index in [2.05, 4.69) is 22.7 Å². The van der Waals surface area contributed by atoms with E-state index in [1.54, 1.807) is 12.3 Å². The number of hydrogen-bond acceptors (Lipinski definition) is 3. The highest BCUT2D eigenvalue weighted by atomic mass is 32.1. The maximum Gasteiger partial charge on any atom is 0.184 e. The van der Waals surface area contributed by atoms with E-state index < -0.39 is 0 Å². The van der Waals surface area contributed by atoms with E-state index >= 15 is 0 Å². The zero-order chi connectivity index (χ0) is 11.5. The Bertz CT molecular complexity index is 562. The first-order chi connectivity index (χ1) is 7.68. The van der Waals surface area contributed by atoms with E-state index in [1.165, 1.54) is 17.4 Å². The summed E-state index contributed by atoms with van der Waals surface area (Å²) in [5.41, 5.74) is 8.50. The number of thiophene rings is 1. The summed E-state index contributed by atoms with van der Waals surface area (Å²) in [6, 6.07) is 4.93. The highest BCUT2D eigenvalue weighted by Crippen LogP contribution is 2.26. The van der Waals surface area contributed by atoms with Gasteiger partial charge >= 0.3 is 0 Å². The monoisotopic (exact) mass is 253 g/mol. The van der Waals surface area contributed by atoms with Crippen molar-refractivity contribution in [2.24, 2.45) is 10.8 Å². The molecule has 0 aliphatic rings. The minimum Gasteiger partial charge on any atom is -0.375 e. The largest absolute Gasteiger partial charge is 0.375 e. The van der Waals surface area contributed by atoms with E-state index in [0.717, 1.165) is 10.9 Å². The summed E-state index contributed by atoms with van der Waals surface area (Å²) in [6.07, 6.45) is 1.56. The van der Waals surface area contributed by atoms with E-state index in [0.29, 0.717) is 4.70 Å². The van der Waals surface area contributed by atoms with Gasteiger partial charge in [0.2, 0.25) is 0 Å². The summed E-state index contributed by atoms with van der Waals surface area (Å²) in [6.45, 7) is 0. The zero-order valence-corrected chi connectivity index (χ0v) is 9.74. The van der Waals surface area contributed by atoms with Crippen LogP contribution < -0.4 is 11.2 Å². The number of rotatable bonds is 2. The number of benzene rings is 1. The van der Waals surface area contributed by atoms with Gasteiger partial charge in [-0.05, 0) is 35.8 Å². The van der Waals surface area contributed by atoms with Gasteiger partial charge < -0.3 is 5.73 Å². The molecule has 82 valence electrons. The number of nitrogens with zero attached hydrogens (tertiary/aromatic N) is 1. The van der Waals surface area contributed by atoms with Gasteiger partial charge in [0, 0.05) is 10.9 Å². The Labute approximate surface area is 101 Å². The van der Waals surface area contributed by atoms with Crippen LogP contribution in [0.25, 0.3) is 10.1 Å². The topological polar surface area (TPSA) is 50.4 Å². The molecule has 2 aromatic rings. The van der Waals surface area contributed by atoms with E-state index in [1.807, 2.05) is 11.4 Å². The van der Waals surface area contributed by atoms with Crippen molar-refractivity contribution in [1.29, 1.82) is 0 Å². The van der Waals surface area contributed by atoms with Crippen LogP contribution in [0.5, 0.6) is 0 Å². The normalized spacial score (nSPS) is 11.1. The summed E-state index contributed by atoms with van der Waals surface area (Å²) < 4.78 is 14.0. The molecule has 0 spiro atoms. The molecule has 0 saturated carbocycles. The highest BCUT2D eigenvalue weighted by molar-refractivity contribution is 7.80. The van der Waals surface area contributed by atoms with Crippen molar-refractivity contribution < 1.29 is 4.39 Å². The molecule has 1 aromatic carbocycles. The van der Waals surface area contributed by atoms with Crippen molar-refractivity contribution in [1.82, 2.24) is 5.43 Å². The molecule has 0 atom stereocenters. The molecule has 6 heteroatoms. The van der Waals surface area contributed by atoms with Crippen LogP contribution in [0, 0.1) is 5.82 Å². The summed E-state index contributed by atoms with van der Waals surface area (Å²) in [5.74, 6) is -0.218. The molecule has 0 saturated heterocycles. The van der Waals surface area contributed by atoms with Crippen molar-refractivity contribution in [3.05, 3.63) is 35.0 Å². The molecule has 1 aromatic heterocycles. The van der Waals surface area contributed by atoms with Crippen LogP contribution >= 0.6 is 23.6 Å². The van der Waals surface area contributed by atoms with Crippen molar-refractivity contribution in [2.75, 3.05) is 0 Å². The van der Waals surface area contributed by atoms with Gasteiger partial charge in [0.15, 0.2) is 5.11 Å². The third kappa shape index (κ3) is 2.17. The average molecular weight is 253 g/mol. The fourth-order valence-corrected chi connectivity index (χ4v) is 2.21. The summed E-state index contributed by atoms with van der Waals surface area (Å²) >= 11 is 5.97. The predicted molar refractivity (Wildman–Crippen MR) is 69.3 cm³/mol. The first-order valence-electron chi connectivity index (χ1n) is 4.42. The zero-order valence-electron chi connectivity index (χ0n) is 8.11. The molecular formula is C10H8FN3S2. The Balaban J connectivity index is 2.38. The minimum absolute atomic E-state index is 0.0972. The smallest absolute Gasteiger partial charge is 0.184 e. The van der Waals surface area contributed by atoms with E-state index in [-0.39, 0.29) is 10.9 Å². The van der Waals surface area contributed by atoms with Gasteiger partial charge in [0.25, 0.3) is 0 Å². The van der Waals surface area contributed by atoms with Crippen LogP contribution in [0.4, 0.5) is 4.39 Å². The molecule has 2 rings (SSSR count). The number of thiocarbonyl (C=S) groups is 1. The van der Waals surface area contributed by atoms with Crippen molar-refractivity contribution in [2.45, 2.75) is 0 Å². The predicted octanol–water partition coefficient (Wildman–Crippen LogP) is 2.21. The summed E-state index contributed by atoms with van der Waals surface area (Å²) in [7, 11) is 0. The van der Waals surface area contributed by atoms with Gasteiger partial charge in [-0.3, -0.25) is 5.43 Å². The van der Waals surface area contributed by atoms with Gasteiger partial charge in [-0.2, -0.15) is 5.10 Å². The fourth-order valence-electron chi connectivity index (χ4n) is 1.33. The van der Waals surface area contributed by atoms with Crippen molar-refractivity contribution >= 4 is 45.0 Å². The molecule has 0 fully saturated rings. The molecule has 0 bridgehead atoms. The van der Waals surface area contributed by atoms with Crippen molar-refractivity contribution in [3.8, 4) is 0 Å². The maximum atomic E-state index is 13.4. The van der Waals surface area contributed by atoms with Gasteiger partial charge in [0.1, 0.15) is 5.82 Å². The summed E-state index contributed by atoms with van der Waals surface area (Å²) in [5, 5.41) is 6.61. The molecule has 1 heterocycles. The number of hydrogen-bond donors (Lipinski definition) is 2. The highest BCUT2D eigenvalue weighted by Gasteiger charge is 2.05. The Morgan fingerprint density at radius 2 is 2.31 bits per heavy atom. The number of hydrazone groups is 1. The standard InChI is InChI=1S/C10H8FN3S2/c11-8-2-1-6(5-13-14-10(12)15)7-3-4-16-9(7)8/h1-5H,(H3,12,14,15). The van der Waals surface area contributed by atoms with Crippen molar-refractivity contribution in [3.63, 3.8) is 0 Å².